The number of hydrogen-bond acceptors (Lipinski definition) is 6. The molecule has 0 unspecified atom stereocenters. The fourth-order valence-corrected chi connectivity index (χ4v) is 2.91. The zero-order chi connectivity index (χ0) is 16.4. The van der Waals surface area contributed by atoms with Gasteiger partial charge in [0.15, 0.2) is 0 Å². The van der Waals surface area contributed by atoms with Gasteiger partial charge in [0.1, 0.15) is 5.82 Å². The molecule has 4 rings (SSSR count). The average molecular weight is 321 g/mol. The summed E-state index contributed by atoms with van der Waals surface area (Å²) < 4.78 is 1.80. The highest BCUT2D eigenvalue weighted by atomic mass is 15.6. The molecule has 0 spiro atoms. The van der Waals surface area contributed by atoms with Crippen molar-refractivity contribution >= 4 is 11.8 Å². The summed E-state index contributed by atoms with van der Waals surface area (Å²) in [6.07, 6.45) is 1.83. The first kappa shape index (κ1) is 14.6. The Bertz CT molecular complexity index is 789. The molecule has 7 nitrogen and oxygen atoms in total. The lowest BCUT2D eigenvalue weighted by atomic mass is 10.2. The molecule has 0 N–H and O–H groups in total. The Balaban J connectivity index is 1.51. The molecule has 0 amide bonds. The number of aromatic nitrogens is 5. The van der Waals surface area contributed by atoms with Crippen molar-refractivity contribution in [1.82, 2.24) is 25.2 Å². The molecule has 1 aromatic carbocycles. The third kappa shape index (κ3) is 2.80. The number of tetrazole rings is 1. The lowest BCUT2D eigenvalue weighted by Crippen LogP contribution is -2.47. The highest BCUT2D eigenvalue weighted by Crippen LogP contribution is 2.19. The molecule has 3 heterocycles. The second-order valence-electron chi connectivity index (χ2n) is 5.89. The van der Waals surface area contributed by atoms with Crippen LogP contribution >= 0.6 is 0 Å². The van der Waals surface area contributed by atoms with Gasteiger partial charge in [0.05, 0.1) is 5.69 Å². The van der Waals surface area contributed by atoms with Crippen molar-refractivity contribution in [2.24, 2.45) is 0 Å². The lowest BCUT2D eigenvalue weighted by Gasteiger charge is -2.35. The van der Waals surface area contributed by atoms with E-state index in [2.05, 4.69) is 49.4 Å². The summed E-state index contributed by atoms with van der Waals surface area (Å²) in [5.41, 5.74) is 2.20. The summed E-state index contributed by atoms with van der Waals surface area (Å²) in [6, 6.07) is 14.2. The molecule has 1 saturated heterocycles. The molecule has 1 aliphatic heterocycles. The molecule has 7 heteroatoms. The topological polar surface area (TPSA) is 63.0 Å². The first-order chi connectivity index (χ1) is 11.8. The predicted molar refractivity (Wildman–Crippen MR) is 92.6 cm³/mol. The number of pyridine rings is 1. The molecule has 0 atom stereocenters. The summed E-state index contributed by atoms with van der Waals surface area (Å²) in [6.45, 7) is 5.60. The van der Waals surface area contributed by atoms with Gasteiger partial charge in [-0.1, -0.05) is 28.9 Å². The molecular formula is C17H19N7. The van der Waals surface area contributed by atoms with Crippen molar-refractivity contribution in [3.63, 3.8) is 0 Å². The average Bonchev–Trinajstić information content (AvgIpc) is 3.13. The molecule has 122 valence electrons. The van der Waals surface area contributed by atoms with Gasteiger partial charge in [0.25, 0.3) is 0 Å². The van der Waals surface area contributed by atoms with Gasteiger partial charge in [-0.3, -0.25) is 0 Å². The summed E-state index contributed by atoms with van der Waals surface area (Å²) in [4.78, 5) is 8.94. The van der Waals surface area contributed by atoms with Gasteiger partial charge in [-0.15, -0.1) is 0 Å². The van der Waals surface area contributed by atoms with Crippen LogP contribution in [0.1, 0.15) is 5.56 Å². The van der Waals surface area contributed by atoms with Crippen LogP contribution in [-0.2, 0) is 0 Å². The predicted octanol–water partition coefficient (Wildman–Crippen LogP) is 1.69. The van der Waals surface area contributed by atoms with Crippen LogP contribution in [0.3, 0.4) is 0 Å². The largest absolute Gasteiger partial charge is 0.353 e. The highest BCUT2D eigenvalue weighted by molar-refractivity contribution is 5.45. The van der Waals surface area contributed by atoms with Gasteiger partial charge < -0.3 is 9.80 Å². The Morgan fingerprint density at radius 1 is 0.875 bits per heavy atom. The van der Waals surface area contributed by atoms with Gasteiger partial charge in [-0.25, -0.2) is 4.98 Å². The molecule has 3 aromatic rings. The fourth-order valence-electron chi connectivity index (χ4n) is 2.91. The van der Waals surface area contributed by atoms with Crippen LogP contribution in [0.4, 0.5) is 11.8 Å². The quantitative estimate of drug-likeness (QED) is 0.731. The summed E-state index contributed by atoms with van der Waals surface area (Å²) in [5.74, 6) is 1.81. The molecular weight excluding hydrogens is 302 g/mol. The normalized spacial score (nSPS) is 14.9. The Kier molecular flexibility index (Phi) is 3.82. The highest BCUT2D eigenvalue weighted by Gasteiger charge is 2.22. The van der Waals surface area contributed by atoms with E-state index in [1.807, 2.05) is 36.5 Å². The van der Waals surface area contributed by atoms with E-state index in [9.17, 15) is 0 Å². The Labute approximate surface area is 140 Å². The van der Waals surface area contributed by atoms with E-state index in [1.54, 1.807) is 4.68 Å². The first-order valence-electron chi connectivity index (χ1n) is 8.07. The molecule has 2 aromatic heterocycles. The van der Waals surface area contributed by atoms with Crippen LogP contribution in [0.2, 0.25) is 0 Å². The van der Waals surface area contributed by atoms with Crippen molar-refractivity contribution in [3.05, 3.63) is 54.2 Å². The standard InChI is InChI=1S/C17H19N7/c1-14-5-7-15(8-6-14)24-17(19-20-21-24)23-12-10-22(11-13-23)16-4-2-3-9-18-16/h2-9H,10-13H2,1H3. The van der Waals surface area contributed by atoms with Gasteiger partial charge in [0, 0.05) is 32.4 Å². The zero-order valence-corrected chi connectivity index (χ0v) is 13.6. The first-order valence-corrected chi connectivity index (χ1v) is 8.07. The van der Waals surface area contributed by atoms with E-state index in [-0.39, 0.29) is 0 Å². The van der Waals surface area contributed by atoms with E-state index >= 15 is 0 Å². The number of piperazine rings is 1. The number of aryl methyl sites for hydroxylation is 1. The van der Waals surface area contributed by atoms with Crippen molar-refractivity contribution in [1.29, 1.82) is 0 Å². The summed E-state index contributed by atoms with van der Waals surface area (Å²) in [5, 5.41) is 12.3. The third-order valence-corrected chi connectivity index (χ3v) is 4.27. The minimum atomic E-state index is 0.791. The molecule has 0 bridgehead atoms. The van der Waals surface area contributed by atoms with E-state index in [0.29, 0.717) is 0 Å². The van der Waals surface area contributed by atoms with Crippen LogP contribution in [0.25, 0.3) is 5.69 Å². The van der Waals surface area contributed by atoms with E-state index in [0.717, 1.165) is 43.6 Å². The van der Waals surface area contributed by atoms with Gasteiger partial charge in [0.2, 0.25) is 5.95 Å². The molecule has 0 aliphatic carbocycles. The Morgan fingerprint density at radius 2 is 1.62 bits per heavy atom. The second-order valence-corrected chi connectivity index (χ2v) is 5.89. The number of nitrogens with zero attached hydrogens (tertiary/aromatic N) is 7. The number of hydrogen-bond donors (Lipinski definition) is 0. The van der Waals surface area contributed by atoms with Crippen molar-refractivity contribution in [2.75, 3.05) is 36.0 Å². The maximum Gasteiger partial charge on any atom is 0.250 e. The smallest absolute Gasteiger partial charge is 0.250 e. The monoisotopic (exact) mass is 321 g/mol. The van der Waals surface area contributed by atoms with Crippen molar-refractivity contribution in [3.8, 4) is 5.69 Å². The molecule has 0 saturated carbocycles. The van der Waals surface area contributed by atoms with Crippen LogP contribution in [0.5, 0.6) is 0 Å². The molecule has 1 fully saturated rings. The maximum absolute atomic E-state index is 4.43. The maximum atomic E-state index is 4.43. The minimum absolute atomic E-state index is 0.791. The minimum Gasteiger partial charge on any atom is -0.353 e. The summed E-state index contributed by atoms with van der Waals surface area (Å²) in [7, 11) is 0. The van der Waals surface area contributed by atoms with Crippen LogP contribution < -0.4 is 9.80 Å². The Morgan fingerprint density at radius 3 is 2.33 bits per heavy atom. The van der Waals surface area contributed by atoms with E-state index < -0.39 is 0 Å². The van der Waals surface area contributed by atoms with Crippen LogP contribution in [0.15, 0.2) is 48.7 Å². The molecule has 0 radical (unpaired) electrons. The van der Waals surface area contributed by atoms with Crippen molar-refractivity contribution < 1.29 is 0 Å². The van der Waals surface area contributed by atoms with E-state index in [4.69, 9.17) is 0 Å². The van der Waals surface area contributed by atoms with E-state index in [1.165, 1.54) is 5.56 Å². The number of benzene rings is 1. The summed E-state index contributed by atoms with van der Waals surface area (Å²) >= 11 is 0. The Hall–Kier alpha value is -2.96. The fraction of sp³-hybridized carbons (Fsp3) is 0.294. The molecule has 24 heavy (non-hydrogen) atoms. The zero-order valence-electron chi connectivity index (χ0n) is 13.6. The third-order valence-electron chi connectivity index (χ3n) is 4.27. The molecule has 1 aliphatic rings. The number of anilines is 2. The van der Waals surface area contributed by atoms with Crippen molar-refractivity contribution in [2.45, 2.75) is 6.92 Å². The second kappa shape index (κ2) is 6.27. The number of rotatable bonds is 3. The SMILES string of the molecule is Cc1ccc(-n2nnnc2N2CCN(c3ccccn3)CC2)cc1. The van der Waals surface area contributed by atoms with Crippen LogP contribution in [0, 0.1) is 6.92 Å². The lowest BCUT2D eigenvalue weighted by molar-refractivity contribution is 0.626. The van der Waals surface area contributed by atoms with Gasteiger partial charge in [-0.2, -0.15) is 4.68 Å². The van der Waals surface area contributed by atoms with Crippen LogP contribution in [-0.4, -0.2) is 51.4 Å². The van der Waals surface area contributed by atoms with Gasteiger partial charge in [-0.05, 0) is 41.6 Å². The van der Waals surface area contributed by atoms with Gasteiger partial charge >= 0.3 is 0 Å².